The van der Waals surface area contributed by atoms with Gasteiger partial charge in [0.1, 0.15) is 5.82 Å². The van der Waals surface area contributed by atoms with Crippen molar-refractivity contribution in [1.29, 1.82) is 0 Å². The highest BCUT2D eigenvalue weighted by Gasteiger charge is 2.25. The summed E-state index contributed by atoms with van der Waals surface area (Å²) in [6.07, 6.45) is 4.88. The first-order valence-electron chi connectivity index (χ1n) is 10.6. The quantitative estimate of drug-likeness (QED) is 0.524. The smallest absolute Gasteiger partial charge is 0.254 e. The fraction of sp³-hybridized carbons (Fsp3) is 0.250. The number of nitrogens with zero attached hydrogens (tertiary/aromatic N) is 4. The molecule has 7 nitrogen and oxygen atoms in total. The van der Waals surface area contributed by atoms with Crippen molar-refractivity contribution in [3.05, 3.63) is 72.1 Å². The average molecular weight is 480 g/mol. The number of rotatable bonds is 6. The summed E-state index contributed by atoms with van der Waals surface area (Å²) in [4.78, 5) is 38.4. The number of pyridine rings is 1. The number of carbonyl (C=O) groups is 2. The minimum Gasteiger partial charge on any atom is -0.336 e. The van der Waals surface area contributed by atoms with Gasteiger partial charge < -0.3 is 15.1 Å². The number of benzene rings is 1. The summed E-state index contributed by atoms with van der Waals surface area (Å²) in [7, 11) is 0. The van der Waals surface area contributed by atoms with Gasteiger partial charge in [-0.05, 0) is 49.2 Å². The van der Waals surface area contributed by atoms with Crippen LogP contribution < -0.4 is 5.32 Å². The first-order chi connectivity index (χ1) is 15.9. The van der Waals surface area contributed by atoms with Crippen LogP contribution in [0.2, 0.25) is 0 Å². The van der Waals surface area contributed by atoms with Crippen LogP contribution in [0.25, 0.3) is 0 Å². The minimum absolute atomic E-state index is 0.00173. The molecule has 170 valence electrons. The van der Waals surface area contributed by atoms with Gasteiger partial charge in [-0.1, -0.05) is 41.8 Å². The van der Waals surface area contributed by atoms with E-state index in [0.717, 1.165) is 31.2 Å². The molecule has 4 rings (SSSR count). The van der Waals surface area contributed by atoms with Gasteiger partial charge in [0.15, 0.2) is 5.13 Å². The van der Waals surface area contributed by atoms with Gasteiger partial charge in [0.25, 0.3) is 5.91 Å². The first-order valence-corrected chi connectivity index (χ1v) is 12.2. The molecule has 1 aliphatic heterocycles. The fourth-order valence-electron chi connectivity index (χ4n) is 3.62. The zero-order chi connectivity index (χ0) is 23.4. The molecule has 9 heteroatoms. The molecule has 2 aromatic heterocycles. The van der Waals surface area contributed by atoms with Gasteiger partial charge in [-0.25, -0.2) is 9.97 Å². The third-order valence-electron chi connectivity index (χ3n) is 5.40. The number of hydrogen-bond acceptors (Lipinski definition) is 7. The molecule has 1 aromatic carbocycles. The maximum Gasteiger partial charge on any atom is 0.254 e. The highest BCUT2D eigenvalue weighted by atomic mass is 32.2. The number of aromatic nitrogens is 2. The summed E-state index contributed by atoms with van der Waals surface area (Å²) in [5.41, 5.74) is 2.76. The Bertz CT molecular complexity index is 1170. The van der Waals surface area contributed by atoms with Crippen LogP contribution in [0.1, 0.15) is 21.5 Å². The van der Waals surface area contributed by atoms with Crippen molar-refractivity contribution in [2.45, 2.75) is 23.0 Å². The van der Waals surface area contributed by atoms with Crippen molar-refractivity contribution >= 4 is 45.9 Å². The van der Waals surface area contributed by atoms with Crippen molar-refractivity contribution < 1.29 is 9.59 Å². The Labute approximate surface area is 201 Å². The van der Waals surface area contributed by atoms with Gasteiger partial charge >= 0.3 is 0 Å². The monoisotopic (exact) mass is 479 g/mol. The summed E-state index contributed by atoms with van der Waals surface area (Å²) in [6, 6.07) is 9.72. The van der Waals surface area contributed by atoms with Crippen molar-refractivity contribution in [3.8, 4) is 0 Å². The molecule has 3 aromatic rings. The van der Waals surface area contributed by atoms with Crippen LogP contribution in [-0.2, 0) is 4.79 Å². The molecule has 0 aliphatic carbocycles. The standard InChI is InChI=1S/C24H25N5O2S2/c1-4-21(30)28-9-11-29(12-10-28)23(31)18-14-19(17(3)13-16(18)2)32-22-15-26-24(33-22)27-20-7-5-6-8-25-20/h4-8,13-15H,1,9-12H2,2-3H3,(H,25,26,27). The molecule has 1 saturated heterocycles. The Morgan fingerprint density at radius 1 is 1.09 bits per heavy atom. The maximum absolute atomic E-state index is 13.3. The Morgan fingerprint density at radius 3 is 2.55 bits per heavy atom. The second-order valence-corrected chi connectivity index (χ2v) is 10.1. The number of carbonyl (C=O) groups excluding carboxylic acids is 2. The summed E-state index contributed by atoms with van der Waals surface area (Å²) < 4.78 is 1.02. The van der Waals surface area contributed by atoms with E-state index in [2.05, 4.69) is 34.9 Å². The topological polar surface area (TPSA) is 78.4 Å². The van der Waals surface area contributed by atoms with Gasteiger partial charge in [0.05, 0.1) is 10.4 Å². The fourth-order valence-corrected chi connectivity index (χ4v) is 5.57. The summed E-state index contributed by atoms with van der Waals surface area (Å²) in [6.45, 7) is 9.64. The minimum atomic E-state index is -0.0891. The highest BCUT2D eigenvalue weighted by molar-refractivity contribution is 8.01. The molecule has 0 spiro atoms. The van der Waals surface area contributed by atoms with Crippen molar-refractivity contribution in [1.82, 2.24) is 19.8 Å². The lowest BCUT2D eigenvalue weighted by Crippen LogP contribution is -2.50. The molecule has 0 unspecified atom stereocenters. The summed E-state index contributed by atoms with van der Waals surface area (Å²) in [5.74, 6) is 0.660. The number of piperazine rings is 1. The van der Waals surface area contributed by atoms with E-state index < -0.39 is 0 Å². The van der Waals surface area contributed by atoms with E-state index in [9.17, 15) is 9.59 Å². The van der Waals surface area contributed by atoms with Crippen molar-refractivity contribution in [2.24, 2.45) is 0 Å². The zero-order valence-corrected chi connectivity index (χ0v) is 20.2. The maximum atomic E-state index is 13.3. The average Bonchev–Trinajstić information content (AvgIpc) is 3.27. The summed E-state index contributed by atoms with van der Waals surface area (Å²) in [5, 5.41) is 3.98. The van der Waals surface area contributed by atoms with Gasteiger partial charge in [0, 0.05) is 42.8 Å². The lowest BCUT2D eigenvalue weighted by atomic mass is 10.0. The largest absolute Gasteiger partial charge is 0.336 e. The second-order valence-electron chi connectivity index (χ2n) is 7.68. The van der Waals surface area contributed by atoms with E-state index in [1.165, 1.54) is 6.08 Å². The third kappa shape index (κ3) is 5.43. The molecular weight excluding hydrogens is 454 g/mol. The number of nitrogens with one attached hydrogen (secondary N) is 1. The Kier molecular flexibility index (Phi) is 7.10. The molecule has 3 heterocycles. The first kappa shape index (κ1) is 23.0. The number of hydrogen-bond donors (Lipinski definition) is 1. The van der Waals surface area contributed by atoms with E-state index in [1.54, 1.807) is 34.2 Å². The molecule has 33 heavy (non-hydrogen) atoms. The number of anilines is 2. The van der Waals surface area contributed by atoms with E-state index in [-0.39, 0.29) is 11.8 Å². The zero-order valence-electron chi connectivity index (χ0n) is 18.6. The number of thiazole rings is 1. The lowest BCUT2D eigenvalue weighted by molar-refractivity contribution is -0.127. The van der Waals surface area contributed by atoms with Gasteiger partial charge in [0.2, 0.25) is 5.91 Å². The Morgan fingerprint density at radius 2 is 1.85 bits per heavy atom. The Hall–Kier alpha value is -3.17. The lowest BCUT2D eigenvalue weighted by Gasteiger charge is -2.34. The van der Waals surface area contributed by atoms with Crippen LogP contribution in [0.4, 0.5) is 10.9 Å². The van der Waals surface area contributed by atoms with Crippen LogP contribution in [-0.4, -0.2) is 57.8 Å². The van der Waals surface area contributed by atoms with Gasteiger partial charge in [-0.2, -0.15) is 0 Å². The van der Waals surface area contributed by atoms with Crippen molar-refractivity contribution in [2.75, 3.05) is 31.5 Å². The van der Waals surface area contributed by atoms with Gasteiger partial charge in [-0.15, -0.1) is 0 Å². The predicted molar refractivity (Wildman–Crippen MR) is 132 cm³/mol. The Balaban J connectivity index is 1.47. The van der Waals surface area contributed by atoms with Crippen LogP contribution in [0.5, 0.6) is 0 Å². The van der Waals surface area contributed by atoms with Crippen LogP contribution in [0, 0.1) is 13.8 Å². The summed E-state index contributed by atoms with van der Waals surface area (Å²) >= 11 is 3.14. The van der Waals surface area contributed by atoms with Crippen LogP contribution in [0.15, 0.2) is 64.5 Å². The molecule has 0 bridgehead atoms. The predicted octanol–water partition coefficient (Wildman–Crippen LogP) is 4.52. The van der Waals surface area contributed by atoms with E-state index in [4.69, 9.17) is 0 Å². The van der Waals surface area contributed by atoms with Crippen molar-refractivity contribution in [3.63, 3.8) is 0 Å². The molecule has 2 amide bonds. The molecule has 0 saturated carbocycles. The SMILES string of the molecule is C=CC(=O)N1CCN(C(=O)c2cc(Sc3cnc(Nc4ccccn4)s3)c(C)cc2C)CC1. The van der Waals surface area contributed by atoms with Crippen LogP contribution >= 0.6 is 23.1 Å². The van der Waals surface area contributed by atoms with E-state index in [0.29, 0.717) is 31.7 Å². The third-order valence-corrected chi connectivity index (χ3v) is 7.57. The number of aryl methyl sites for hydroxylation is 2. The van der Waals surface area contributed by atoms with E-state index >= 15 is 0 Å². The number of amides is 2. The molecule has 1 N–H and O–H groups in total. The molecular formula is C24H25N5O2S2. The van der Waals surface area contributed by atoms with Gasteiger partial charge in [-0.3, -0.25) is 9.59 Å². The molecule has 1 aliphatic rings. The second kappa shape index (κ2) is 10.2. The van der Waals surface area contributed by atoms with E-state index in [1.807, 2.05) is 42.3 Å². The van der Waals surface area contributed by atoms with Crippen LogP contribution in [0.3, 0.4) is 0 Å². The normalized spacial score (nSPS) is 13.6. The molecule has 1 fully saturated rings. The molecule has 0 radical (unpaired) electrons. The highest BCUT2D eigenvalue weighted by Crippen LogP contribution is 2.37. The molecule has 0 atom stereocenters.